The molecule has 0 heterocycles. The van der Waals surface area contributed by atoms with Crippen molar-refractivity contribution < 1.29 is 0 Å². The van der Waals surface area contributed by atoms with E-state index in [9.17, 15) is 0 Å². The van der Waals surface area contributed by atoms with Gasteiger partial charge < -0.3 is 5.32 Å². The number of rotatable bonds is 4. The van der Waals surface area contributed by atoms with Gasteiger partial charge in [-0.3, -0.25) is 0 Å². The molecule has 0 aromatic rings. The molecule has 0 aliphatic rings. The van der Waals surface area contributed by atoms with Crippen LogP contribution in [0, 0.1) is 5.92 Å². The Morgan fingerprint density at radius 3 is 2.22 bits per heavy atom. The molecule has 54 valence electrons. The summed E-state index contributed by atoms with van der Waals surface area (Å²) in [7, 11) is 1.97. The summed E-state index contributed by atoms with van der Waals surface area (Å²) >= 11 is 0. The normalized spacial score (nSPS) is 13.8. The zero-order valence-corrected chi connectivity index (χ0v) is 6.65. The van der Waals surface area contributed by atoms with Gasteiger partial charge in [-0.25, -0.2) is 0 Å². The van der Waals surface area contributed by atoms with Crippen LogP contribution in [-0.4, -0.2) is 13.1 Å². The second-order valence-electron chi connectivity index (χ2n) is 2.76. The molecular weight excluding hydrogens is 110 g/mol. The first kappa shape index (κ1) is 8.70. The van der Waals surface area contributed by atoms with Crippen LogP contribution in [0.3, 0.4) is 0 Å². The van der Waals surface area contributed by atoms with Crippen molar-refractivity contribution in [2.75, 3.05) is 7.05 Å². The van der Waals surface area contributed by atoms with Crippen LogP contribution < -0.4 is 5.32 Å². The highest BCUT2D eigenvalue weighted by atomic mass is 14.9. The topological polar surface area (TPSA) is 12.0 Å². The molecular formula is C8H17N. The molecule has 1 N–H and O–H groups in total. The van der Waals surface area contributed by atoms with E-state index in [2.05, 4.69) is 25.7 Å². The highest BCUT2D eigenvalue weighted by Gasteiger charge is 2.01. The van der Waals surface area contributed by atoms with Gasteiger partial charge in [0.25, 0.3) is 0 Å². The predicted octanol–water partition coefficient (Wildman–Crippen LogP) is 1.81. The van der Waals surface area contributed by atoms with Crippen molar-refractivity contribution in [2.24, 2.45) is 5.92 Å². The summed E-state index contributed by atoms with van der Waals surface area (Å²) in [6, 6.07) is 0.491. The van der Waals surface area contributed by atoms with E-state index in [1.165, 1.54) is 6.42 Å². The SMILES string of the molecule is C=CC(CC(C)C)NC. The molecule has 1 atom stereocenters. The molecule has 0 aliphatic heterocycles. The lowest BCUT2D eigenvalue weighted by atomic mass is 10.0. The molecule has 0 spiro atoms. The van der Waals surface area contributed by atoms with Crippen LogP contribution in [0.1, 0.15) is 20.3 Å². The first-order chi connectivity index (χ1) is 4.20. The summed E-state index contributed by atoms with van der Waals surface area (Å²) in [6.07, 6.45) is 3.14. The van der Waals surface area contributed by atoms with Gasteiger partial charge in [0.05, 0.1) is 0 Å². The Morgan fingerprint density at radius 1 is 1.56 bits per heavy atom. The molecule has 0 amide bonds. The summed E-state index contributed by atoms with van der Waals surface area (Å²) in [6.45, 7) is 8.15. The fourth-order valence-corrected chi connectivity index (χ4v) is 0.840. The predicted molar refractivity (Wildman–Crippen MR) is 42.5 cm³/mol. The Labute approximate surface area is 58.2 Å². The van der Waals surface area contributed by atoms with Crippen LogP contribution in [-0.2, 0) is 0 Å². The van der Waals surface area contributed by atoms with Crippen molar-refractivity contribution in [2.45, 2.75) is 26.3 Å². The average Bonchev–Trinajstić information content (AvgIpc) is 1.82. The minimum atomic E-state index is 0.491. The van der Waals surface area contributed by atoms with Gasteiger partial charge in [-0.15, -0.1) is 6.58 Å². The molecule has 0 fully saturated rings. The van der Waals surface area contributed by atoms with Crippen molar-refractivity contribution in [3.63, 3.8) is 0 Å². The Bertz CT molecular complexity index is 76.6. The third-order valence-corrected chi connectivity index (χ3v) is 1.38. The van der Waals surface area contributed by atoms with Crippen molar-refractivity contribution in [1.82, 2.24) is 5.32 Å². The molecule has 0 aromatic carbocycles. The summed E-state index contributed by atoms with van der Waals surface area (Å²) in [5.74, 6) is 0.750. The largest absolute Gasteiger partial charge is 0.314 e. The number of hydrogen-bond donors (Lipinski definition) is 1. The second kappa shape index (κ2) is 4.57. The van der Waals surface area contributed by atoms with E-state index in [0.717, 1.165) is 5.92 Å². The van der Waals surface area contributed by atoms with Crippen LogP contribution in [0.25, 0.3) is 0 Å². The Balaban J connectivity index is 3.42. The lowest BCUT2D eigenvalue weighted by Crippen LogP contribution is -2.23. The standard InChI is InChI=1S/C8H17N/c1-5-8(9-4)6-7(2)3/h5,7-9H,1,6H2,2-4H3. The third-order valence-electron chi connectivity index (χ3n) is 1.38. The first-order valence-electron chi connectivity index (χ1n) is 3.50. The van der Waals surface area contributed by atoms with Gasteiger partial charge in [-0.05, 0) is 19.4 Å². The van der Waals surface area contributed by atoms with Crippen LogP contribution in [0.2, 0.25) is 0 Å². The molecule has 0 saturated carbocycles. The Kier molecular flexibility index (Phi) is 4.41. The highest BCUT2D eigenvalue weighted by Crippen LogP contribution is 2.03. The summed E-state index contributed by atoms with van der Waals surface area (Å²) in [5, 5.41) is 3.16. The maximum Gasteiger partial charge on any atom is 0.0246 e. The smallest absolute Gasteiger partial charge is 0.0246 e. The van der Waals surface area contributed by atoms with Gasteiger partial charge in [-0.2, -0.15) is 0 Å². The Morgan fingerprint density at radius 2 is 2.11 bits per heavy atom. The maximum atomic E-state index is 3.72. The summed E-state index contributed by atoms with van der Waals surface area (Å²) < 4.78 is 0. The van der Waals surface area contributed by atoms with E-state index in [-0.39, 0.29) is 0 Å². The Hall–Kier alpha value is -0.300. The molecule has 0 rings (SSSR count). The highest BCUT2D eigenvalue weighted by molar-refractivity contribution is 4.84. The zero-order chi connectivity index (χ0) is 7.28. The molecule has 0 aliphatic carbocycles. The van der Waals surface area contributed by atoms with E-state index >= 15 is 0 Å². The van der Waals surface area contributed by atoms with Crippen molar-refractivity contribution in [1.29, 1.82) is 0 Å². The molecule has 1 heteroatoms. The zero-order valence-electron chi connectivity index (χ0n) is 6.65. The van der Waals surface area contributed by atoms with Gasteiger partial charge in [-0.1, -0.05) is 19.9 Å². The van der Waals surface area contributed by atoms with E-state index in [1.54, 1.807) is 0 Å². The lowest BCUT2D eigenvalue weighted by Gasteiger charge is -2.12. The van der Waals surface area contributed by atoms with E-state index in [4.69, 9.17) is 0 Å². The second-order valence-corrected chi connectivity index (χ2v) is 2.76. The number of likely N-dealkylation sites (N-methyl/N-ethyl adjacent to an activating group) is 1. The minimum Gasteiger partial charge on any atom is -0.314 e. The molecule has 0 aromatic heterocycles. The number of nitrogens with one attached hydrogen (secondary N) is 1. The van der Waals surface area contributed by atoms with Gasteiger partial charge >= 0.3 is 0 Å². The van der Waals surface area contributed by atoms with Gasteiger partial charge in [0.2, 0.25) is 0 Å². The van der Waals surface area contributed by atoms with E-state index in [1.807, 2.05) is 13.1 Å². The first-order valence-corrected chi connectivity index (χ1v) is 3.50. The van der Waals surface area contributed by atoms with Crippen LogP contribution in [0.5, 0.6) is 0 Å². The fraction of sp³-hybridized carbons (Fsp3) is 0.750. The van der Waals surface area contributed by atoms with Crippen molar-refractivity contribution >= 4 is 0 Å². The van der Waals surface area contributed by atoms with E-state index < -0.39 is 0 Å². The van der Waals surface area contributed by atoms with Gasteiger partial charge in [0.15, 0.2) is 0 Å². The summed E-state index contributed by atoms with van der Waals surface area (Å²) in [4.78, 5) is 0. The fourth-order valence-electron chi connectivity index (χ4n) is 0.840. The maximum absolute atomic E-state index is 3.72. The lowest BCUT2D eigenvalue weighted by molar-refractivity contribution is 0.500. The molecule has 0 bridgehead atoms. The molecule has 1 nitrogen and oxygen atoms in total. The van der Waals surface area contributed by atoms with Crippen LogP contribution >= 0.6 is 0 Å². The number of hydrogen-bond acceptors (Lipinski definition) is 1. The van der Waals surface area contributed by atoms with Crippen LogP contribution in [0.15, 0.2) is 12.7 Å². The van der Waals surface area contributed by atoms with E-state index in [0.29, 0.717) is 6.04 Å². The molecule has 0 saturated heterocycles. The minimum absolute atomic E-state index is 0.491. The van der Waals surface area contributed by atoms with Crippen molar-refractivity contribution in [3.05, 3.63) is 12.7 Å². The molecule has 9 heavy (non-hydrogen) atoms. The monoisotopic (exact) mass is 127 g/mol. The van der Waals surface area contributed by atoms with Crippen LogP contribution in [0.4, 0.5) is 0 Å². The summed E-state index contributed by atoms with van der Waals surface area (Å²) in [5.41, 5.74) is 0. The molecule has 1 unspecified atom stereocenters. The average molecular weight is 127 g/mol. The van der Waals surface area contributed by atoms with Gasteiger partial charge in [0.1, 0.15) is 0 Å². The van der Waals surface area contributed by atoms with Gasteiger partial charge in [0, 0.05) is 6.04 Å². The third kappa shape index (κ3) is 4.22. The van der Waals surface area contributed by atoms with Crippen molar-refractivity contribution in [3.8, 4) is 0 Å². The molecule has 0 radical (unpaired) electrons. The quantitative estimate of drug-likeness (QED) is 0.568.